The minimum absolute atomic E-state index is 0.253. The van der Waals surface area contributed by atoms with Gasteiger partial charge in [0.2, 0.25) is 0 Å². The maximum absolute atomic E-state index is 14.8. The molecule has 4 heterocycles. The molecule has 1 aromatic carbocycles. The minimum Gasteiger partial charge on any atom is -0.346 e. The number of imidazole rings is 1. The van der Waals surface area contributed by atoms with Crippen LogP contribution in [0.15, 0.2) is 42.7 Å². The molecule has 5 rings (SSSR count). The average molecular weight is 427 g/mol. The van der Waals surface area contributed by atoms with E-state index >= 15 is 0 Å². The molecule has 0 bridgehead atoms. The van der Waals surface area contributed by atoms with Crippen LogP contribution >= 0.6 is 11.6 Å². The molecule has 1 aliphatic rings. The summed E-state index contributed by atoms with van der Waals surface area (Å²) in [6.45, 7) is 2.86. The number of benzene rings is 1. The molecule has 1 aliphatic heterocycles. The molecule has 0 spiro atoms. The molecule has 1 saturated heterocycles. The van der Waals surface area contributed by atoms with Crippen molar-refractivity contribution in [3.8, 4) is 5.82 Å². The number of hydrogen-bond acceptors (Lipinski definition) is 7. The molecule has 10 heteroatoms. The molecule has 0 radical (unpaired) electrons. The molecule has 0 unspecified atom stereocenters. The number of aryl methyl sites for hydroxylation is 1. The van der Waals surface area contributed by atoms with Gasteiger partial charge in [-0.3, -0.25) is 4.57 Å². The Morgan fingerprint density at radius 1 is 1.13 bits per heavy atom. The lowest BCUT2D eigenvalue weighted by atomic mass is 10.2. The number of anilines is 2. The number of halogens is 2. The quantitative estimate of drug-likeness (QED) is 0.491. The number of nitrogens with zero attached hydrogens (tertiary/aromatic N) is 5. The first-order chi connectivity index (χ1) is 14.6. The van der Waals surface area contributed by atoms with Gasteiger partial charge in [-0.15, -0.1) is 5.10 Å². The van der Waals surface area contributed by atoms with E-state index in [2.05, 4.69) is 25.5 Å². The second-order valence-corrected chi connectivity index (χ2v) is 7.10. The van der Waals surface area contributed by atoms with Crippen molar-refractivity contribution in [1.29, 1.82) is 0 Å². The summed E-state index contributed by atoms with van der Waals surface area (Å²) in [4.78, 5) is 8.78. The number of nitrogens with one attached hydrogen (secondary N) is 1. The van der Waals surface area contributed by atoms with Crippen LogP contribution in [0.4, 0.5) is 15.9 Å². The van der Waals surface area contributed by atoms with Gasteiger partial charge in [-0.2, -0.15) is 5.10 Å². The third kappa shape index (κ3) is 3.47. The van der Waals surface area contributed by atoms with E-state index in [-0.39, 0.29) is 10.8 Å². The largest absolute Gasteiger partial charge is 0.346 e. The van der Waals surface area contributed by atoms with Gasteiger partial charge in [0.05, 0.1) is 35.6 Å². The van der Waals surface area contributed by atoms with E-state index in [4.69, 9.17) is 21.1 Å². The van der Waals surface area contributed by atoms with Crippen molar-refractivity contribution in [2.24, 2.45) is 0 Å². The van der Waals surface area contributed by atoms with Crippen LogP contribution in [0.1, 0.15) is 17.5 Å². The Hall–Kier alpha value is -3.14. The number of ether oxygens (including phenoxy) is 2. The topological polar surface area (TPSA) is 87.0 Å². The summed E-state index contributed by atoms with van der Waals surface area (Å²) in [5.74, 6) is 0.495. The second-order valence-electron chi connectivity index (χ2n) is 6.74. The summed E-state index contributed by atoms with van der Waals surface area (Å²) in [5.41, 5.74) is 2.82. The lowest BCUT2D eigenvalue weighted by Gasteiger charge is -2.12. The molecule has 8 nitrogen and oxygen atoms in total. The van der Waals surface area contributed by atoms with Gasteiger partial charge in [0.1, 0.15) is 23.1 Å². The van der Waals surface area contributed by atoms with Crippen LogP contribution in [0.25, 0.3) is 16.9 Å². The Morgan fingerprint density at radius 3 is 2.70 bits per heavy atom. The van der Waals surface area contributed by atoms with Crippen LogP contribution in [0.2, 0.25) is 5.15 Å². The smallest absolute Gasteiger partial charge is 0.186 e. The van der Waals surface area contributed by atoms with Crippen molar-refractivity contribution >= 4 is 34.1 Å². The summed E-state index contributed by atoms with van der Waals surface area (Å²) in [5, 5.41) is 11.1. The fourth-order valence-electron chi connectivity index (χ4n) is 3.20. The lowest BCUT2D eigenvalue weighted by molar-refractivity contribution is -0.0442. The molecule has 1 fully saturated rings. The molecular weight excluding hydrogens is 411 g/mol. The maximum Gasteiger partial charge on any atom is 0.186 e. The lowest BCUT2D eigenvalue weighted by Crippen LogP contribution is -2.03. The Balaban J connectivity index is 1.48. The van der Waals surface area contributed by atoms with E-state index in [0.717, 1.165) is 5.69 Å². The van der Waals surface area contributed by atoms with Crippen LogP contribution in [0.5, 0.6) is 0 Å². The maximum atomic E-state index is 14.8. The van der Waals surface area contributed by atoms with E-state index in [1.165, 1.54) is 6.07 Å². The molecule has 152 valence electrons. The summed E-state index contributed by atoms with van der Waals surface area (Å²) >= 11 is 6.33. The molecule has 0 aliphatic carbocycles. The normalized spacial score (nSPS) is 14.5. The van der Waals surface area contributed by atoms with Crippen molar-refractivity contribution in [3.05, 3.63) is 65.0 Å². The summed E-state index contributed by atoms with van der Waals surface area (Å²) in [7, 11) is 0. The van der Waals surface area contributed by atoms with Gasteiger partial charge in [-0.1, -0.05) is 11.6 Å². The predicted octanol–water partition coefficient (Wildman–Crippen LogP) is 4.10. The molecule has 3 aromatic heterocycles. The zero-order chi connectivity index (χ0) is 20.7. The van der Waals surface area contributed by atoms with Crippen molar-refractivity contribution in [1.82, 2.24) is 24.7 Å². The zero-order valence-electron chi connectivity index (χ0n) is 15.8. The van der Waals surface area contributed by atoms with E-state index in [1.54, 1.807) is 41.2 Å². The van der Waals surface area contributed by atoms with Crippen LogP contribution in [-0.4, -0.2) is 37.9 Å². The fraction of sp³-hybridized carbons (Fsp3) is 0.200. The first-order valence-electron chi connectivity index (χ1n) is 9.22. The van der Waals surface area contributed by atoms with Crippen LogP contribution < -0.4 is 5.32 Å². The highest BCUT2D eigenvalue weighted by molar-refractivity contribution is 6.30. The van der Waals surface area contributed by atoms with Gasteiger partial charge in [0.15, 0.2) is 12.1 Å². The standard InChI is InChI=1S/C20H16ClFN6O2/c1-11-2-4-17(27-26-11)24-14-9-15-16(8-13(14)22)28(10-23-15)18-5-3-12(19(21)25-18)20-29-6-7-30-20/h2-5,8-10,20H,6-7H2,1H3,(H,24,27). The molecule has 0 saturated carbocycles. The predicted molar refractivity (Wildman–Crippen MR) is 109 cm³/mol. The van der Waals surface area contributed by atoms with E-state index < -0.39 is 12.1 Å². The molecule has 0 atom stereocenters. The van der Waals surface area contributed by atoms with E-state index in [1.807, 2.05) is 6.92 Å². The number of fused-ring (bicyclic) bond motifs is 1. The molecule has 4 aromatic rings. The van der Waals surface area contributed by atoms with Crippen LogP contribution in [-0.2, 0) is 9.47 Å². The highest BCUT2D eigenvalue weighted by Crippen LogP contribution is 2.30. The third-order valence-corrected chi connectivity index (χ3v) is 4.98. The van der Waals surface area contributed by atoms with Gasteiger partial charge < -0.3 is 14.8 Å². The molecule has 0 amide bonds. The van der Waals surface area contributed by atoms with Gasteiger partial charge in [0.25, 0.3) is 0 Å². The summed E-state index contributed by atoms with van der Waals surface area (Å²) in [6, 6.07) is 10.1. The van der Waals surface area contributed by atoms with Gasteiger partial charge in [-0.05, 0) is 37.3 Å². The first-order valence-corrected chi connectivity index (χ1v) is 9.60. The number of aromatic nitrogens is 5. The summed E-state index contributed by atoms with van der Waals surface area (Å²) in [6.07, 6.45) is 1.05. The summed E-state index contributed by atoms with van der Waals surface area (Å²) < 4.78 is 27.4. The molecule has 30 heavy (non-hydrogen) atoms. The van der Waals surface area contributed by atoms with Gasteiger partial charge in [-0.25, -0.2) is 14.4 Å². The minimum atomic E-state index is -0.519. The Bertz CT molecular complexity index is 1220. The van der Waals surface area contributed by atoms with Gasteiger partial charge in [0, 0.05) is 11.6 Å². The Kier molecular flexibility index (Phi) is 4.78. The SMILES string of the molecule is Cc1ccc(Nc2cc3ncn(-c4ccc(C5OCCO5)c(Cl)n4)c3cc2F)nn1. The van der Waals surface area contributed by atoms with Crippen LogP contribution in [0, 0.1) is 12.7 Å². The monoisotopic (exact) mass is 426 g/mol. The van der Waals surface area contributed by atoms with Crippen molar-refractivity contribution in [2.45, 2.75) is 13.2 Å². The van der Waals surface area contributed by atoms with Crippen molar-refractivity contribution in [3.63, 3.8) is 0 Å². The fourth-order valence-corrected chi connectivity index (χ4v) is 3.43. The number of pyridine rings is 1. The first kappa shape index (κ1) is 18.9. The highest BCUT2D eigenvalue weighted by atomic mass is 35.5. The van der Waals surface area contributed by atoms with Crippen molar-refractivity contribution in [2.75, 3.05) is 18.5 Å². The second kappa shape index (κ2) is 7.60. The Morgan fingerprint density at radius 2 is 1.97 bits per heavy atom. The van der Waals surface area contributed by atoms with Gasteiger partial charge >= 0.3 is 0 Å². The van der Waals surface area contributed by atoms with Crippen LogP contribution in [0.3, 0.4) is 0 Å². The van der Waals surface area contributed by atoms with Crippen molar-refractivity contribution < 1.29 is 13.9 Å². The highest BCUT2D eigenvalue weighted by Gasteiger charge is 2.22. The zero-order valence-corrected chi connectivity index (χ0v) is 16.6. The number of hydrogen-bond donors (Lipinski definition) is 1. The third-order valence-electron chi connectivity index (χ3n) is 4.68. The van der Waals surface area contributed by atoms with E-state index in [0.29, 0.717) is 41.4 Å². The molecule has 1 N–H and O–H groups in total. The Labute approximate surface area is 175 Å². The average Bonchev–Trinajstić information content (AvgIpc) is 3.40. The van der Waals surface area contributed by atoms with E-state index in [9.17, 15) is 4.39 Å². The molecular formula is C20H16ClFN6O2. The number of rotatable bonds is 4.